The molecule has 3 aromatic rings. The average molecular weight is 433 g/mol. The van der Waals surface area contributed by atoms with Crippen molar-refractivity contribution in [2.24, 2.45) is 5.92 Å². The molecule has 4 rings (SSSR count). The van der Waals surface area contributed by atoms with Crippen LogP contribution in [0.2, 0.25) is 0 Å². The van der Waals surface area contributed by atoms with E-state index in [4.69, 9.17) is 9.83 Å². The third-order valence-electron chi connectivity index (χ3n) is 5.90. The van der Waals surface area contributed by atoms with Gasteiger partial charge in [0.15, 0.2) is 18.1 Å². The smallest absolute Gasteiger partial charge is 0.260 e. The molecular formula is C25H28N4O3. The number of carbonyl (C=O) groups excluding carboxylic acids is 1. The quantitative estimate of drug-likeness (QED) is 0.524. The van der Waals surface area contributed by atoms with E-state index in [-0.39, 0.29) is 24.4 Å². The van der Waals surface area contributed by atoms with Crippen LogP contribution < -0.4 is 5.32 Å². The van der Waals surface area contributed by atoms with Gasteiger partial charge in [0, 0.05) is 5.56 Å². The summed E-state index contributed by atoms with van der Waals surface area (Å²) in [4.78, 5) is 19.4. The summed E-state index contributed by atoms with van der Waals surface area (Å²) in [5, 5.41) is 22.1. The molecule has 2 heterocycles. The van der Waals surface area contributed by atoms with Gasteiger partial charge in [-0.05, 0) is 36.5 Å². The maximum absolute atomic E-state index is 13.9. The Kier molecular flexibility index (Phi) is 5.84. The van der Waals surface area contributed by atoms with Gasteiger partial charge in [-0.3, -0.25) is 15.1 Å². The molecule has 7 heteroatoms. The number of nitrogens with zero attached hydrogens (tertiary/aromatic N) is 2. The molecule has 0 unspecified atom stereocenters. The molecule has 0 radical (unpaired) electrons. The van der Waals surface area contributed by atoms with Gasteiger partial charge in [0.25, 0.3) is 5.91 Å². The summed E-state index contributed by atoms with van der Waals surface area (Å²) in [5.41, 5.74) is 2.05. The number of aliphatic hydroxyl groups is 1. The number of carbonyl (C=O) groups is 1. The monoisotopic (exact) mass is 432 g/mol. The standard InChI is InChI=1S/C25H28N4O3/c1-16(2)13-25(20-10-5-4-6-11-20)23(31)29(24(26)28-25)21(14-30)18-8-7-9-19(12-18)22-17(3)27-15-32-22/h4-12,15-16,21,30H,13-14H2,1-3H3,(H2,26,28)/t21-,25-/m1/s1. The van der Waals surface area contributed by atoms with E-state index in [9.17, 15) is 9.90 Å². The molecule has 1 amide bonds. The van der Waals surface area contributed by atoms with Crippen LogP contribution in [0.3, 0.4) is 0 Å². The molecule has 0 saturated carbocycles. The van der Waals surface area contributed by atoms with E-state index >= 15 is 0 Å². The number of aromatic nitrogens is 1. The molecule has 1 aliphatic heterocycles. The second-order valence-electron chi connectivity index (χ2n) is 8.61. The summed E-state index contributed by atoms with van der Waals surface area (Å²) < 4.78 is 5.51. The number of hydrogen-bond donors (Lipinski definition) is 3. The number of aliphatic hydroxyl groups excluding tert-OH is 1. The Labute approximate surface area is 187 Å². The molecule has 1 fully saturated rings. The summed E-state index contributed by atoms with van der Waals surface area (Å²) >= 11 is 0. The highest BCUT2D eigenvalue weighted by atomic mass is 16.3. The molecule has 2 atom stereocenters. The van der Waals surface area contributed by atoms with Gasteiger partial charge in [-0.2, -0.15) is 0 Å². The first-order valence-electron chi connectivity index (χ1n) is 10.7. The van der Waals surface area contributed by atoms with Gasteiger partial charge in [0.05, 0.1) is 18.3 Å². The Hall–Kier alpha value is -3.45. The summed E-state index contributed by atoms with van der Waals surface area (Å²) in [6, 6.07) is 16.3. The molecule has 0 spiro atoms. The van der Waals surface area contributed by atoms with Crippen molar-refractivity contribution < 1.29 is 14.3 Å². The fourth-order valence-electron chi connectivity index (χ4n) is 4.51. The van der Waals surface area contributed by atoms with E-state index in [0.29, 0.717) is 17.7 Å². The number of amides is 1. The van der Waals surface area contributed by atoms with Crippen LogP contribution in [-0.4, -0.2) is 33.5 Å². The van der Waals surface area contributed by atoms with Crippen molar-refractivity contribution in [1.29, 1.82) is 5.41 Å². The molecule has 2 aromatic carbocycles. The number of oxazole rings is 1. The van der Waals surface area contributed by atoms with Gasteiger partial charge in [-0.25, -0.2) is 4.98 Å². The molecule has 0 bridgehead atoms. The van der Waals surface area contributed by atoms with Crippen LogP contribution in [0.1, 0.15) is 43.1 Å². The topological polar surface area (TPSA) is 102 Å². The maximum Gasteiger partial charge on any atom is 0.260 e. The number of benzene rings is 2. The highest BCUT2D eigenvalue weighted by Gasteiger charge is 2.53. The van der Waals surface area contributed by atoms with Gasteiger partial charge >= 0.3 is 0 Å². The van der Waals surface area contributed by atoms with Crippen molar-refractivity contribution in [3.05, 3.63) is 77.8 Å². The fourth-order valence-corrected chi connectivity index (χ4v) is 4.51. The molecule has 0 aliphatic carbocycles. The SMILES string of the molecule is Cc1ncoc1-c1cccc([C@@H](CO)N2C(=N)N[C@](CC(C)C)(c3ccccc3)C2=O)c1. The third kappa shape index (κ3) is 3.69. The Balaban J connectivity index is 1.75. The minimum absolute atomic E-state index is 0.0141. The number of hydrogen-bond acceptors (Lipinski definition) is 5. The van der Waals surface area contributed by atoms with Gasteiger partial charge in [-0.1, -0.05) is 62.4 Å². The van der Waals surface area contributed by atoms with Crippen LogP contribution in [0, 0.1) is 18.3 Å². The summed E-state index contributed by atoms with van der Waals surface area (Å²) in [7, 11) is 0. The molecule has 1 saturated heterocycles. The Morgan fingerprint density at radius 3 is 2.56 bits per heavy atom. The largest absolute Gasteiger partial charge is 0.443 e. The normalized spacial score (nSPS) is 19.5. The molecule has 7 nitrogen and oxygen atoms in total. The number of aryl methyl sites for hydroxylation is 1. The van der Waals surface area contributed by atoms with E-state index in [1.807, 2.05) is 61.5 Å². The van der Waals surface area contributed by atoms with E-state index < -0.39 is 11.6 Å². The summed E-state index contributed by atoms with van der Waals surface area (Å²) in [6.45, 7) is 5.65. The van der Waals surface area contributed by atoms with Crippen molar-refractivity contribution in [3.8, 4) is 11.3 Å². The predicted octanol–water partition coefficient (Wildman–Crippen LogP) is 3.99. The molecular weight excluding hydrogens is 404 g/mol. The highest BCUT2D eigenvalue weighted by Crippen LogP contribution is 2.39. The van der Waals surface area contributed by atoms with Crippen LogP contribution >= 0.6 is 0 Å². The minimum atomic E-state index is -1.04. The first-order valence-corrected chi connectivity index (χ1v) is 10.7. The first kappa shape index (κ1) is 21.8. The molecule has 32 heavy (non-hydrogen) atoms. The first-order chi connectivity index (χ1) is 15.4. The summed E-state index contributed by atoms with van der Waals surface area (Å²) in [5.74, 6) is 0.607. The maximum atomic E-state index is 13.9. The van der Waals surface area contributed by atoms with Crippen LogP contribution in [0.15, 0.2) is 65.4 Å². The minimum Gasteiger partial charge on any atom is -0.443 e. The molecule has 166 valence electrons. The third-order valence-corrected chi connectivity index (χ3v) is 5.90. The zero-order chi connectivity index (χ0) is 22.9. The Bertz CT molecular complexity index is 1120. The van der Waals surface area contributed by atoms with Crippen LogP contribution in [0.25, 0.3) is 11.3 Å². The van der Waals surface area contributed by atoms with Gasteiger partial charge in [0.2, 0.25) is 0 Å². The van der Waals surface area contributed by atoms with Crippen LogP contribution in [0.4, 0.5) is 0 Å². The van der Waals surface area contributed by atoms with E-state index in [1.54, 1.807) is 0 Å². The number of nitrogens with one attached hydrogen (secondary N) is 2. The lowest BCUT2D eigenvalue weighted by molar-refractivity contribution is -0.134. The van der Waals surface area contributed by atoms with Gasteiger partial charge in [-0.15, -0.1) is 0 Å². The zero-order valence-corrected chi connectivity index (χ0v) is 18.5. The fraction of sp³-hybridized carbons (Fsp3) is 0.320. The van der Waals surface area contributed by atoms with Crippen molar-refractivity contribution in [2.75, 3.05) is 6.61 Å². The number of guanidine groups is 1. The molecule has 1 aromatic heterocycles. The lowest BCUT2D eigenvalue weighted by atomic mass is 9.82. The lowest BCUT2D eigenvalue weighted by Gasteiger charge is -2.31. The van der Waals surface area contributed by atoms with E-state index in [0.717, 1.165) is 16.8 Å². The average Bonchev–Trinajstić information content (AvgIpc) is 3.31. The molecule has 1 aliphatic rings. The second-order valence-corrected chi connectivity index (χ2v) is 8.61. The van der Waals surface area contributed by atoms with Crippen LogP contribution in [-0.2, 0) is 10.3 Å². The number of rotatable bonds is 7. The van der Waals surface area contributed by atoms with Crippen LogP contribution in [0.5, 0.6) is 0 Å². The van der Waals surface area contributed by atoms with Gasteiger partial charge < -0.3 is 14.8 Å². The van der Waals surface area contributed by atoms with E-state index in [2.05, 4.69) is 24.1 Å². The van der Waals surface area contributed by atoms with Crippen molar-refractivity contribution in [3.63, 3.8) is 0 Å². The predicted molar refractivity (Wildman–Crippen MR) is 122 cm³/mol. The molecule has 3 N–H and O–H groups in total. The second kappa shape index (κ2) is 8.59. The van der Waals surface area contributed by atoms with Crippen molar-refractivity contribution in [2.45, 2.75) is 38.8 Å². The lowest BCUT2D eigenvalue weighted by Crippen LogP contribution is -2.45. The Morgan fingerprint density at radius 2 is 1.94 bits per heavy atom. The Morgan fingerprint density at radius 1 is 1.19 bits per heavy atom. The van der Waals surface area contributed by atoms with E-state index in [1.165, 1.54) is 11.3 Å². The van der Waals surface area contributed by atoms with Crippen molar-refractivity contribution in [1.82, 2.24) is 15.2 Å². The van der Waals surface area contributed by atoms with Gasteiger partial charge in [0.1, 0.15) is 5.54 Å². The highest BCUT2D eigenvalue weighted by molar-refractivity contribution is 6.08. The zero-order valence-electron chi connectivity index (χ0n) is 18.5. The summed E-state index contributed by atoms with van der Waals surface area (Å²) in [6.07, 6.45) is 1.93. The van der Waals surface area contributed by atoms with Crippen molar-refractivity contribution >= 4 is 11.9 Å².